The number of rotatable bonds is 3. The van der Waals surface area contributed by atoms with Crippen LogP contribution in [-0.4, -0.2) is 18.0 Å². The monoisotopic (exact) mass is 250 g/mol. The summed E-state index contributed by atoms with van der Waals surface area (Å²) in [7, 11) is 0. The number of carbonyl (C=O) groups excluding carboxylic acids is 2. The number of halogens is 1. The van der Waals surface area contributed by atoms with Gasteiger partial charge in [-0.2, -0.15) is 0 Å². The summed E-state index contributed by atoms with van der Waals surface area (Å²) >= 11 is 0. The molecule has 0 bridgehead atoms. The highest BCUT2D eigenvalue weighted by molar-refractivity contribution is 6.21. The Hall–Kier alpha value is -1.91. The maximum Gasteiger partial charge on any atom is 0.329 e. The van der Waals surface area contributed by atoms with Crippen LogP contribution in [0.2, 0.25) is 0 Å². The van der Waals surface area contributed by atoms with E-state index in [1.165, 1.54) is 24.3 Å². The Balaban J connectivity index is 2.24. The maximum atomic E-state index is 13.1. The summed E-state index contributed by atoms with van der Waals surface area (Å²) in [5.74, 6) is -0.494. The predicted molar refractivity (Wildman–Crippen MR) is 65.7 cm³/mol. The van der Waals surface area contributed by atoms with Crippen molar-refractivity contribution in [2.75, 3.05) is 4.90 Å². The molecule has 0 spiro atoms. The molecule has 1 heterocycles. The first-order chi connectivity index (χ1) is 8.49. The van der Waals surface area contributed by atoms with E-state index in [0.29, 0.717) is 12.3 Å². The fourth-order valence-electron chi connectivity index (χ4n) is 2.02. The lowest BCUT2D eigenvalue weighted by Crippen LogP contribution is -2.31. The molecule has 1 saturated heterocycles. The van der Waals surface area contributed by atoms with E-state index in [2.05, 4.69) is 5.32 Å². The Morgan fingerprint density at radius 3 is 2.72 bits per heavy atom. The van der Waals surface area contributed by atoms with E-state index >= 15 is 0 Å². The summed E-state index contributed by atoms with van der Waals surface area (Å²) in [6.07, 6.45) is 0.580. The number of hydrogen-bond acceptors (Lipinski definition) is 2. The van der Waals surface area contributed by atoms with Gasteiger partial charge in [0.05, 0.1) is 5.69 Å². The second-order valence-corrected chi connectivity index (χ2v) is 4.79. The third-order valence-corrected chi connectivity index (χ3v) is 2.79. The molecule has 0 aromatic heterocycles. The topological polar surface area (TPSA) is 49.4 Å². The number of imide groups is 1. The van der Waals surface area contributed by atoms with E-state index in [0.717, 1.165) is 4.90 Å². The zero-order valence-electron chi connectivity index (χ0n) is 10.3. The molecule has 1 aromatic rings. The SMILES string of the molecule is CC(C)CC1NC(=O)N(c2cccc(F)c2)C1=O. The molecular formula is C13H15FN2O2. The number of nitrogens with zero attached hydrogens (tertiary/aromatic N) is 1. The number of urea groups is 1. The van der Waals surface area contributed by atoms with Crippen LogP contribution < -0.4 is 10.2 Å². The molecular weight excluding hydrogens is 235 g/mol. The predicted octanol–water partition coefficient (Wildman–Crippen LogP) is 2.30. The van der Waals surface area contributed by atoms with Gasteiger partial charge in [-0.3, -0.25) is 4.79 Å². The third-order valence-electron chi connectivity index (χ3n) is 2.79. The van der Waals surface area contributed by atoms with E-state index in [1.54, 1.807) is 0 Å². The summed E-state index contributed by atoms with van der Waals surface area (Å²) < 4.78 is 13.1. The van der Waals surface area contributed by atoms with E-state index in [1.807, 2.05) is 13.8 Å². The molecule has 1 N–H and O–H groups in total. The van der Waals surface area contributed by atoms with Gasteiger partial charge in [0.2, 0.25) is 0 Å². The van der Waals surface area contributed by atoms with Crippen molar-refractivity contribution in [2.45, 2.75) is 26.3 Å². The van der Waals surface area contributed by atoms with Gasteiger partial charge in [0, 0.05) is 0 Å². The first kappa shape index (κ1) is 12.5. The van der Waals surface area contributed by atoms with Crippen molar-refractivity contribution in [3.05, 3.63) is 30.1 Å². The Morgan fingerprint density at radius 1 is 1.39 bits per heavy atom. The van der Waals surface area contributed by atoms with E-state index in [-0.39, 0.29) is 11.6 Å². The van der Waals surface area contributed by atoms with Gasteiger partial charge < -0.3 is 5.32 Å². The minimum Gasteiger partial charge on any atom is -0.325 e. The molecule has 0 saturated carbocycles. The third kappa shape index (κ3) is 2.34. The van der Waals surface area contributed by atoms with E-state index in [9.17, 15) is 14.0 Å². The van der Waals surface area contributed by atoms with Gasteiger partial charge in [-0.05, 0) is 30.5 Å². The van der Waals surface area contributed by atoms with Gasteiger partial charge in [0.1, 0.15) is 11.9 Å². The van der Waals surface area contributed by atoms with Crippen LogP contribution in [0.5, 0.6) is 0 Å². The Morgan fingerprint density at radius 2 is 2.11 bits per heavy atom. The van der Waals surface area contributed by atoms with Gasteiger partial charge in [-0.15, -0.1) is 0 Å². The molecule has 1 aromatic carbocycles. The van der Waals surface area contributed by atoms with Gasteiger partial charge >= 0.3 is 6.03 Å². The molecule has 18 heavy (non-hydrogen) atoms. The number of benzene rings is 1. The second-order valence-electron chi connectivity index (χ2n) is 4.79. The van der Waals surface area contributed by atoms with Crippen molar-refractivity contribution < 1.29 is 14.0 Å². The number of anilines is 1. The fraction of sp³-hybridized carbons (Fsp3) is 0.385. The van der Waals surface area contributed by atoms with Crippen LogP contribution in [0.1, 0.15) is 20.3 Å². The largest absolute Gasteiger partial charge is 0.329 e. The molecule has 1 aliphatic rings. The maximum absolute atomic E-state index is 13.1. The molecule has 2 rings (SSSR count). The first-order valence-corrected chi connectivity index (χ1v) is 5.89. The molecule has 5 heteroatoms. The summed E-state index contributed by atoms with van der Waals surface area (Å²) in [4.78, 5) is 24.8. The van der Waals surface area contributed by atoms with Gasteiger partial charge in [-0.1, -0.05) is 19.9 Å². The van der Waals surface area contributed by atoms with Crippen LogP contribution in [0.15, 0.2) is 24.3 Å². The average Bonchev–Trinajstić information content (AvgIpc) is 2.53. The van der Waals surface area contributed by atoms with Gasteiger partial charge in [0.15, 0.2) is 0 Å². The highest BCUT2D eigenvalue weighted by Crippen LogP contribution is 2.22. The molecule has 1 unspecified atom stereocenters. The molecule has 1 atom stereocenters. The normalized spacial score (nSPS) is 19.6. The zero-order valence-corrected chi connectivity index (χ0v) is 10.3. The number of hydrogen-bond donors (Lipinski definition) is 1. The summed E-state index contributed by atoms with van der Waals surface area (Å²) in [5, 5.41) is 2.62. The molecule has 96 valence electrons. The summed E-state index contributed by atoms with van der Waals surface area (Å²) in [6, 6.07) is 4.46. The van der Waals surface area contributed by atoms with Crippen molar-refractivity contribution in [3.8, 4) is 0 Å². The Labute approximate surface area is 105 Å². The van der Waals surface area contributed by atoms with Crippen molar-refractivity contribution in [2.24, 2.45) is 5.92 Å². The zero-order chi connectivity index (χ0) is 13.3. The van der Waals surface area contributed by atoms with E-state index < -0.39 is 17.9 Å². The first-order valence-electron chi connectivity index (χ1n) is 5.89. The standard InChI is InChI=1S/C13H15FN2O2/c1-8(2)6-11-12(17)16(13(18)15-11)10-5-3-4-9(14)7-10/h3-5,7-8,11H,6H2,1-2H3,(H,15,18). The highest BCUT2D eigenvalue weighted by atomic mass is 19.1. The van der Waals surface area contributed by atoms with Crippen LogP contribution in [0, 0.1) is 11.7 Å². The summed E-state index contributed by atoms with van der Waals surface area (Å²) in [5.41, 5.74) is 0.267. The molecule has 0 aliphatic carbocycles. The van der Waals surface area contributed by atoms with Crippen LogP contribution in [-0.2, 0) is 4.79 Å². The minimum absolute atomic E-state index is 0.267. The quantitative estimate of drug-likeness (QED) is 0.837. The molecule has 3 amide bonds. The van der Waals surface area contributed by atoms with Crippen LogP contribution in [0.4, 0.5) is 14.9 Å². The molecule has 1 fully saturated rings. The lowest BCUT2D eigenvalue weighted by atomic mass is 10.0. The van der Waals surface area contributed by atoms with Crippen LogP contribution in [0.3, 0.4) is 0 Å². The lowest BCUT2D eigenvalue weighted by Gasteiger charge is -2.13. The minimum atomic E-state index is -0.513. The lowest BCUT2D eigenvalue weighted by molar-refractivity contribution is -0.118. The Kier molecular flexibility index (Phi) is 3.32. The highest BCUT2D eigenvalue weighted by Gasteiger charge is 2.39. The van der Waals surface area contributed by atoms with Crippen molar-refractivity contribution in [3.63, 3.8) is 0 Å². The van der Waals surface area contributed by atoms with Crippen molar-refractivity contribution in [1.82, 2.24) is 5.32 Å². The molecule has 4 nitrogen and oxygen atoms in total. The number of nitrogens with one attached hydrogen (secondary N) is 1. The van der Waals surface area contributed by atoms with Crippen LogP contribution >= 0.6 is 0 Å². The number of carbonyl (C=O) groups is 2. The van der Waals surface area contributed by atoms with Crippen molar-refractivity contribution >= 4 is 17.6 Å². The van der Waals surface area contributed by atoms with Gasteiger partial charge in [-0.25, -0.2) is 14.1 Å². The van der Waals surface area contributed by atoms with Gasteiger partial charge in [0.25, 0.3) is 5.91 Å². The number of amides is 3. The average molecular weight is 250 g/mol. The van der Waals surface area contributed by atoms with Crippen molar-refractivity contribution in [1.29, 1.82) is 0 Å². The summed E-state index contributed by atoms with van der Waals surface area (Å²) in [6.45, 7) is 3.95. The molecule has 1 aliphatic heterocycles. The smallest absolute Gasteiger partial charge is 0.325 e. The fourth-order valence-corrected chi connectivity index (χ4v) is 2.02. The van der Waals surface area contributed by atoms with E-state index in [4.69, 9.17) is 0 Å². The van der Waals surface area contributed by atoms with Crippen LogP contribution in [0.25, 0.3) is 0 Å². The Bertz CT molecular complexity index is 488. The second kappa shape index (κ2) is 4.76. The molecule has 0 radical (unpaired) electrons.